The van der Waals surface area contributed by atoms with E-state index < -0.39 is 18.0 Å². The van der Waals surface area contributed by atoms with Crippen molar-refractivity contribution in [2.45, 2.75) is 96.5 Å². The largest absolute Gasteiger partial charge is 0.393 e. The van der Waals surface area contributed by atoms with Crippen molar-refractivity contribution in [3.63, 3.8) is 0 Å². The smallest absolute Gasteiger partial charge is 0.314 e. The van der Waals surface area contributed by atoms with Crippen LogP contribution in [0.25, 0.3) is 0 Å². The molecule has 1 rings (SSSR count). The summed E-state index contributed by atoms with van der Waals surface area (Å²) in [4.78, 5) is 20.0. The second-order valence-corrected chi connectivity index (χ2v) is 6.55. The summed E-state index contributed by atoms with van der Waals surface area (Å²) in [6.45, 7) is 2.59. The van der Waals surface area contributed by atoms with Crippen molar-refractivity contribution >= 4 is 11.9 Å². The number of esters is 2. The average molecular weight is 356 g/mol. The van der Waals surface area contributed by atoms with Crippen molar-refractivity contribution in [2.75, 3.05) is 6.54 Å². The molecule has 5 heteroatoms. The molecule has 1 aliphatic rings. The maximum atomic E-state index is 10.0. The van der Waals surface area contributed by atoms with Gasteiger partial charge in [0.05, 0.1) is 18.9 Å². The highest BCUT2D eigenvalue weighted by Gasteiger charge is 2.19. The highest BCUT2D eigenvalue weighted by molar-refractivity contribution is 5.92. The van der Waals surface area contributed by atoms with Gasteiger partial charge in [0.15, 0.2) is 0 Å². The molecule has 1 aliphatic heterocycles. The van der Waals surface area contributed by atoms with Crippen LogP contribution in [0, 0.1) is 0 Å². The SMILES string of the molecule is CCCCCCCCCCCCC=CC(O)CN.O=C1CCC(=O)O1. The van der Waals surface area contributed by atoms with E-state index in [2.05, 4.69) is 17.7 Å². The summed E-state index contributed by atoms with van der Waals surface area (Å²) >= 11 is 0. The normalized spacial score (nSPS) is 15.2. The number of carbonyl (C=O) groups is 2. The van der Waals surface area contributed by atoms with Gasteiger partial charge < -0.3 is 15.6 Å². The van der Waals surface area contributed by atoms with Gasteiger partial charge in [0.2, 0.25) is 0 Å². The summed E-state index contributed by atoms with van der Waals surface area (Å²) in [5.74, 6) is -0.796. The van der Waals surface area contributed by atoms with Gasteiger partial charge in [-0.2, -0.15) is 0 Å². The number of ether oxygens (including phenoxy) is 1. The van der Waals surface area contributed by atoms with Crippen LogP contribution in [0.5, 0.6) is 0 Å². The number of rotatable bonds is 13. The Balaban J connectivity index is 0.000000676. The van der Waals surface area contributed by atoms with Crippen LogP contribution in [0.3, 0.4) is 0 Å². The predicted molar refractivity (Wildman–Crippen MR) is 101 cm³/mol. The molecule has 0 amide bonds. The molecule has 25 heavy (non-hydrogen) atoms. The lowest BCUT2D eigenvalue weighted by Gasteiger charge is -2.02. The molecule has 5 nitrogen and oxygen atoms in total. The number of carbonyl (C=O) groups excluding carboxylic acids is 2. The Hall–Kier alpha value is -1.20. The molecule has 0 aromatic heterocycles. The maximum absolute atomic E-state index is 10.0. The monoisotopic (exact) mass is 355 g/mol. The summed E-state index contributed by atoms with van der Waals surface area (Å²) in [6, 6.07) is 0. The number of hydrogen-bond donors (Lipinski definition) is 2. The van der Waals surface area contributed by atoms with E-state index in [1.165, 1.54) is 64.2 Å². The standard InChI is InChI=1S/C16H33NO.C4H4O3/c1-2-3-4-5-6-7-8-9-10-11-12-13-14-16(18)15-17;5-3-1-2-4(6)7-3/h13-14,16,18H,2-12,15,17H2,1H3;1-2H2. The molecule has 1 atom stereocenters. The van der Waals surface area contributed by atoms with E-state index in [1.807, 2.05) is 6.08 Å². The number of cyclic esters (lactones) is 2. The summed E-state index contributed by atoms with van der Waals surface area (Å²) in [5, 5.41) is 9.21. The van der Waals surface area contributed by atoms with Gasteiger partial charge in [-0.25, -0.2) is 0 Å². The lowest BCUT2D eigenvalue weighted by Crippen LogP contribution is -2.16. The van der Waals surface area contributed by atoms with Crippen molar-refractivity contribution in [1.29, 1.82) is 0 Å². The van der Waals surface area contributed by atoms with Gasteiger partial charge >= 0.3 is 11.9 Å². The first-order valence-corrected chi connectivity index (χ1v) is 9.88. The second kappa shape index (κ2) is 17.6. The van der Waals surface area contributed by atoms with E-state index in [-0.39, 0.29) is 12.8 Å². The quantitative estimate of drug-likeness (QED) is 0.225. The third-order valence-corrected chi connectivity index (χ3v) is 4.08. The molecule has 1 saturated heterocycles. The fraction of sp³-hybridized carbons (Fsp3) is 0.800. The van der Waals surface area contributed by atoms with Crippen LogP contribution in [0.2, 0.25) is 0 Å². The van der Waals surface area contributed by atoms with Gasteiger partial charge in [-0.05, 0) is 12.8 Å². The van der Waals surface area contributed by atoms with Gasteiger partial charge in [0.1, 0.15) is 0 Å². The number of unbranched alkanes of at least 4 members (excludes halogenated alkanes) is 10. The Morgan fingerprint density at radius 1 is 0.960 bits per heavy atom. The Bertz CT molecular complexity index is 355. The van der Waals surface area contributed by atoms with E-state index in [1.54, 1.807) is 0 Å². The van der Waals surface area contributed by atoms with Crippen LogP contribution >= 0.6 is 0 Å². The molecule has 146 valence electrons. The zero-order chi connectivity index (χ0) is 18.8. The minimum atomic E-state index is -0.451. The van der Waals surface area contributed by atoms with Crippen LogP contribution in [0.15, 0.2) is 12.2 Å². The Labute approximate surface area is 153 Å². The highest BCUT2D eigenvalue weighted by Crippen LogP contribution is 2.11. The van der Waals surface area contributed by atoms with E-state index >= 15 is 0 Å². The molecule has 3 N–H and O–H groups in total. The molecule has 1 heterocycles. The minimum Gasteiger partial charge on any atom is -0.393 e. The first-order valence-electron chi connectivity index (χ1n) is 9.88. The van der Waals surface area contributed by atoms with Crippen molar-refractivity contribution in [2.24, 2.45) is 5.73 Å². The molecule has 0 aromatic rings. The van der Waals surface area contributed by atoms with Gasteiger partial charge in [-0.15, -0.1) is 0 Å². The molecule has 1 fully saturated rings. The zero-order valence-corrected chi connectivity index (χ0v) is 15.9. The Morgan fingerprint density at radius 2 is 1.44 bits per heavy atom. The van der Waals surface area contributed by atoms with Crippen molar-refractivity contribution in [1.82, 2.24) is 0 Å². The van der Waals surface area contributed by atoms with Crippen LogP contribution in [-0.2, 0) is 14.3 Å². The summed E-state index contributed by atoms with van der Waals surface area (Å²) < 4.78 is 4.08. The lowest BCUT2D eigenvalue weighted by molar-refractivity contribution is -0.151. The van der Waals surface area contributed by atoms with Crippen molar-refractivity contribution in [3.8, 4) is 0 Å². The number of aliphatic hydroxyl groups is 1. The summed E-state index contributed by atoms with van der Waals surface area (Å²) in [5.41, 5.74) is 5.31. The first kappa shape index (κ1) is 23.8. The number of aliphatic hydroxyl groups excluding tert-OH is 1. The predicted octanol–water partition coefficient (Wildman–Crippen LogP) is 4.02. The highest BCUT2D eigenvalue weighted by atomic mass is 16.6. The number of allylic oxidation sites excluding steroid dienone is 1. The van der Waals surface area contributed by atoms with Gasteiger partial charge in [0, 0.05) is 6.54 Å². The molecular formula is C20H37NO4. The van der Waals surface area contributed by atoms with Gasteiger partial charge in [0.25, 0.3) is 0 Å². The second-order valence-electron chi connectivity index (χ2n) is 6.55. The summed E-state index contributed by atoms with van der Waals surface area (Å²) in [6.07, 6.45) is 18.7. The van der Waals surface area contributed by atoms with Crippen LogP contribution < -0.4 is 5.73 Å². The van der Waals surface area contributed by atoms with Gasteiger partial charge in [-0.3, -0.25) is 9.59 Å². The first-order chi connectivity index (χ1) is 12.1. The van der Waals surface area contributed by atoms with E-state index in [0.29, 0.717) is 6.54 Å². The zero-order valence-electron chi connectivity index (χ0n) is 15.9. The van der Waals surface area contributed by atoms with Crippen molar-refractivity contribution in [3.05, 3.63) is 12.2 Å². The van der Waals surface area contributed by atoms with Crippen LogP contribution in [0.1, 0.15) is 90.4 Å². The fourth-order valence-electron chi connectivity index (χ4n) is 2.51. The van der Waals surface area contributed by atoms with Crippen molar-refractivity contribution < 1.29 is 19.4 Å². The maximum Gasteiger partial charge on any atom is 0.314 e. The molecule has 1 unspecified atom stereocenters. The fourth-order valence-corrected chi connectivity index (χ4v) is 2.51. The molecular weight excluding hydrogens is 318 g/mol. The third kappa shape index (κ3) is 17.4. The number of nitrogens with two attached hydrogens (primary N) is 1. The molecule has 0 aromatic carbocycles. The molecule has 0 aliphatic carbocycles. The number of hydrogen-bond acceptors (Lipinski definition) is 5. The average Bonchev–Trinajstić information content (AvgIpc) is 2.99. The van der Waals surface area contributed by atoms with Crippen LogP contribution in [-0.4, -0.2) is 29.7 Å². The lowest BCUT2D eigenvalue weighted by atomic mass is 10.1. The van der Waals surface area contributed by atoms with E-state index in [0.717, 1.165) is 6.42 Å². The summed E-state index contributed by atoms with van der Waals surface area (Å²) in [7, 11) is 0. The Kier molecular flexibility index (Phi) is 16.8. The van der Waals surface area contributed by atoms with E-state index in [9.17, 15) is 14.7 Å². The molecule has 0 radical (unpaired) electrons. The minimum absolute atomic E-state index is 0.263. The molecule has 0 bridgehead atoms. The van der Waals surface area contributed by atoms with Crippen LogP contribution in [0.4, 0.5) is 0 Å². The molecule has 0 saturated carbocycles. The van der Waals surface area contributed by atoms with E-state index in [4.69, 9.17) is 5.73 Å². The Morgan fingerprint density at radius 3 is 1.84 bits per heavy atom. The topological polar surface area (TPSA) is 89.6 Å². The third-order valence-electron chi connectivity index (χ3n) is 4.08. The van der Waals surface area contributed by atoms with Gasteiger partial charge in [-0.1, -0.05) is 76.9 Å². The molecule has 0 spiro atoms.